The zero-order valence-corrected chi connectivity index (χ0v) is 17.2. The summed E-state index contributed by atoms with van der Waals surface area (Å²) in [6.07, 6.45) is 4.17. The van der Waals surface area contributed by atoms with Crippen LogP contribution in [0.25, 0.3) is 0 Å². The minimum absolute atomic E-state index is 0. The molecule has 9 heteroatoms. The van der Waals surface area contributed by atoms with Gasteiger partial charge in [0.05, 0.1) is 6.10 Å². The second kappa shape index (κ2) is 8.52. The summed E-state index contributed by atoms with van der Waals surface area (Å²) in [7, 11) is 1.79. The first kappa shape index (κ1) is 20.2. The molecule has 2 atom stereocenters. The highest BCUT2D eigenvalue weighted by Gasteiger charge is 2.48. The summed E-state index contributed by atoms with van der Waals surface area (Å²) in [6, 6.07) is -0.390. The summed E-state index contributed by atoms with van der Waals surface area (Å²) in [5.41, 5.74) is -0.794. The molecule has 3 N–H and O–H groups in total. The molecule has 3 amide bonds. The number of piperidine rings is 1. The predicted molar refractivity (Wildman–Crippen MR) is 105 cm³/mol. The number of amides is 3. The fourth-order valence-electron chi connectivity index (χ4n) is 3.86. The number of halogens is 1. The Morgan fingerprint density at radius 1 is 1.36 bits per heavy atom. The van der Waals surface area contributed by atoms with E-state index in [2.05, 4.69) is 25.8 Å². The van der Waals surface area contributed by atoms with Crippen LogP contribution in [0, 0.1) is 5.92 Å². The van der Waals surface area contributed by atoms with Crippen molar-refractivity contribution in [3.63, 3.8) is 0 Å². The number of nitrogens with zero attached hydrogens (tertiary/aromatic N) is 2. The number of carbonyl (C=O) groups excluding carboxylic acids is 2. The van der Waals surface area contributed by atoms with Crippen LogP contribution in [0.4, 0.5) is 4.79 Å². The van der Waals surface area contributed by atoms with Gasteiger partial charge in [0.2, 0.25) is 0 Å². The van der Waals surface area contributed by atoms with Gasteiger partial charge in [0.15, 0.2) is 5.96 Å². The third kappa shape index (κ3) is 4.36. The number of guanidine groups is 1. The molecule has 0 spiro atoms. The smallest absolute Gasteiger partial charge is 0.322 e. The van der Waals surface area contributed by atoms with Crippen molar-refractivity contribution in [1.82, 2.24) is 20.9 Å². The molecule has 0 aromatic carbocycles. The van der Waals surface area contributed by atoms with E-state index in [0.717, 1.165) is 57.9 Å². The summed E-state index contributed by atoms with van der Waals surface area (Å²) in [4.78, 5) is 30.1. The first-order chi connectivity index (χ1) is 11.5. The van der Waals surface area contributed by atoms with Gasteiger partial charge in [-0.2, -0.15) is 0 Å². The first-order valence-corrected chi connectivity index (χ1v) is 8.73. The van der Waals surface area contributed by atoms with Gasteiger partial charge in [-0.15, -0.1) is 24.0 Å². The zero-order valence-electron chi connectivity index (χ0n) is 14.8. The van der Waals surface area contributed by atoms with E-state index in [1.54, 1.807) is 7.05 Å². The van der Waals surface area contributed by atoms with E-state index >= 15 is 0 Å². The summed E-state index contributed by atoms with van der Waals surface area (Å²) in [5, 5.41) is 8.53. The lowest BCUT2D eigenvalue weighted by Gasteiger charge is -2.39. The molecule has 2 unspecified atom stereocenters. The molecule has 0 aliphatic carbocycles. The van der Waals surface area contributed by atoms with Gasteiger partial charge in [-0.05, 0) is 38.5 Å². The summed E-state index contributed by atoms with van der Waals surface area (Å²) >= 11 is 0. The minimum Gasteiger partial charge on any atom is -0.376 e. The average molecular weight is 465 g/mol. The number of nitrogens with one attached hydrogen (secondary N) is 3. The lowest BCUT2D eigenvalue weighted by molar-refractivity contribution is -0.125. The van der Waals surface area contributed by atoms with E-state index in [9.17, 15) is 9.59 Å². The van der Waals surface area contributed by atoms with Crippen molar-refractivity contribution in [3.8, 4) is 0 Å². The Hall–Kier alpha value is -1.10. The quantitative estimate of drug-likeness (QED) is 0.247. The molecule has 8 nitrogen and oxygen atoms in total. The van der Waals surface area contributed by atoms with Gasteiger partial charge in [-0.25, -0.2) is 4.79 Å². The van der Waals surface area contributed by atoms with E-state index in [1.807, 2.05) is 6.92 Å². The maximum absolute atomic E-state index is 12.1. The summed E-state index contributed by atoms with van der Waals surface area (Å²) in [5.74, 6) is 0.803. The van der Waals surface area contributed by atoms with E-state index in [4.69, 9.17) is 4.74 Å². The number of imide groups is 1. The number of urea groups is 1. The van der Waals surface area contributed by atoms with Crippen LogP contribution in [0.1, 0.15) is 32.6 Å². The number of hydrogen-bond acceptors (Lipinski definition) is 4. The van der Waals surface area contributed by atoms with Crippen molar-refractivity contribution in [3.05, 3.63) is 0 Å². The number of likely N-dealkylation sites (tertiary alicyclic amines) is 1. The van der Waals surface area contributed by atoms with E-state index in [1.165, 1.54) is 0 Å². The van der Waals surface area contributed by atoms with Crippen LogP contribution in [-0.2, 0) is 9.53 Å². The van der Waals surface area contributed by atoms with Crippen LogP contribution < -0.4 is 16.0 Å². The molecule has 3 saturated heterocycles. The molecular formula is C16H28IN5O3. The predicted octanol–water partition coefficient (Wildman–Crippen LogP) is 0.669. The third-order valence-electron chi connectivity index (χ3n) is 5.41. The molecule has 3 aliphatic rings. The zero-order chi connectivity index (χ0) is 17.2. The van der Waals surface area contributed by atoms with Crippen LogP contribution in [-0.4, -0.2) is 67.7 Å². The number of carbonyl (C=O) groups is 2. The SMILES string of the molecule is CN=C(NCC1CCCO1)N1CCC(C2(C)NC(=O)NC2=O)CC1.I. The number of aliphatic imine (C=N–C) groups is 1. The number of hydrogen-bond donors (Lipinski definition) is 3. The van der Waals surface area contributed by atoms with Crippen molar-refractivity contribution in [1.29, 1.82) is 0 Å². The molecule has 3 heterocycles. The minimum atomic E-state index is -0.794. The van der Waals surface area contributed by atoms with Gasteiger partial charge in [-0.3, -0.25) is 15.1 Å². The van der Waals surface area contributed by atoms with Crippen LogP contribution in [0.15, 0.2) is 4.99 Å². The Labute approximate surface area is 165 Å². The lowest BCUT2D eigenvalue weighted by atomic mass is 9.79. The molecule has 0 bridgehead atoms. The first-order valence-electron chi connectivity index (χ1n) is 8.73. The fourth-order valence-corrected chi connectivity index (χ4v) is 3.86. The monoisotopic (exact) mass is 465 g/mol. The molecule has 3 rings (SSSR count). The Morgan fingerprint density at radius 3 is 2.60 bits per heavy atom. The normalized spacial score (nSPS) is 30.7. The van der Waals surface area contributed by atoms with Crippen molar-refractivity contribution in [2.24, 2.45) is 10.9 Å². The molecule has 0 aromatic heterocycles. The average Bonchev–Trinajstić information content (AvgIpc) is 3.17. The highest BCUT2D eigenvalue weighted by molar-refractivity contribution is 14.0. The van der Waals surface area contributed by atoms with E-state index in [0.29, 0.717) is 0 Å². The van der Waals surface area contributed by atoms with Crippen LogP contribution in [0.3, 0.4) is 0 Å². The van der Waals surface area contributed by atoms with Gasteiger partial charge in [0, 0.05) is 33.3 Å². The largest absolute Gasteiger partial charge is 0.376 e. The Kier molecular flexibility index (Phi) is 6.89. The standard InChI is InChI=1S/C16H27N5O3.HI/c1-16(13(22)19-15(23)20-16)11-5-7-21(8-6-11)14(17-2)18-10-12-4-3-9-24-12;/h11-12H,3-10H2,1-2H3,(H,17,18)(H2,19,20,22,23);1H. The summed E-state index contributed by atoms with van der Waals surface area (Å²) < 4.78 is 5.63. The molecule has 0 saturated carbocycles. The topological polar surface area (TPSA) is 95.1 Å². The van der Waals surface area contributed by atoms with Crippen molar-refractivity contribution < 1.29 is 14.3 Å². The van der Waals surface area contributed by atoms with E-state index in [-0.39, 0.29) is 47.9 Å². The van der Waals surface area contributed by atoms with Crippen molar-refractivity contribution in [2.75, 3.05) is 33.3 Å². The fraction of sp³-hybridized carbons (Fsp3) is 0.812. The molecule has 25 heavy (non-hydrogen) atoms. The van der Waals surface area contributed by atoms with Crippen molar-refractivity contribution in [2.45, 2.75) is 44.2 Å². The second-order valence-electron chi connectivity index (χ2n) is 6.94. The Balaban J connectivity index is 0.00000225. The van der Waals surface area contributed by atoms with Gasteiger partial charge < -0.3 is 20.3 Å². The van der Waals surface area contributed by atoms with Crippen LogP contribution in [0.2, 0.25) is 0 Å². The third-order valence-corrected chi connectivity index (χ3v) is 5.41. The molecule has 0 aromatic rings. The maximum atomic E-state index is 12.1. The number of ether oxygens (including phenoxy) is 1. The van der Waals surface area contributed by atoms with Gasteiger partial charge in [0.25, 0.3) is 5.91 Å². The maximum Gasteiger partial charge on any atom is 0.322 e. The summed E-state index contributed by atoms with van der Waals surface area (Å²) in [6.45, 7) is 5.08. The lowest BCUT2D eigenvalue weighted by Crippen LogP contribution is -2.55. The molecular weight excluding hydrogens is 437 g/mol. The van der Waals surface area contributed by atoms with Gasteiger partial charge >= 0.3 is 6.03 Å². The van der Waals surface area contributed by atoms with Crippen LogP contribution >= 0.6 is 24.0 Å². The molecule has 142 valence electrons. The highest BCUT2D eigenvalue weighted by atomic mass is 127. The molecule has 0 radical (unpaired) electrons. The second-order valence-corrected chi connectivity index (χ2v) is 6.94. The number of rotatable bonds is 3. The molecule has 3 aliphatic heterocycles. The van der Waals surface area contributed by atoms with Crippen molar-refractivity contribution >= 4 is 41.9 Å². The van der Waals surface area contributed by atoms with E-state index < -0.39 is 5.54 Å². The highest BCUT2D eigenvalue weighted by Crippen LogP contribution is 2.30. The van der Waals surface area contributed by atoms with Gasteiger partial charge in [0.1, 0.15) is 5.54 Å². The molecule has 3 fully saturated rings. The Bertz CT molecular complexity index is 530. The van der Waals surface area contributed by atoms with Gasteiger partial charge in [-0.1, -0.05) is 0 Å². The van der Waals surface area contributed by atoms with Crippen LogP contribution in [0.5, 0.6) is 0 Å². The Morgan fingerprint density at radius 2 is 2.08 bits per heavy atom.